The molecule has 0 bridgehead atoms. The summed E-state index contributed by atoms with van der Waals surface area (Å²) in [5.74, 6) is 1.00. The van der Waals surface area contributed by atoms with Crippen molar-refractivity contribution in [3.63, 3.8) is 0 Å². The molecule has 30 heavy (non-hydrogen) atoms. The number of carboxylic acids is 1. The first kappa shape index (κ1) is 20.4. The molecule has 0 saturated heterocycles. The number of anilines is 2. The van der Waals surface area contributed by atoms with Crippen molar-refractivity contribution in [3.8, 4) is 17.0 Å². The topological polar surface area (TPSA) is 71.5 Å². The molecule has 0 radical (unpaired) electrons. The molecule has 0 aliphatic heterocycles. The highest BCUT2D eigenvalue weighted by atomic mass is 32.1. The molecule has 5 nitrogen and oxygen atoms in total. The Kier molecular flexibility index (Phi) is 6.33. The van der Waals surface area contributed by atoms with Crippen LogP contribution in [0.2, 0.25) is 0 Å². The van der Waals surface area contributed by atoms with Crippen LogP contribution in [0.4, 0.5) is 10.8 Å². The maximum Gasteiger partial charge on any atom is 0.303 e. The Labute approximate surface area is 180 Å². The normalized spacial score (nSPS) is 18.7. The molecule has 2 N–H and O–H groups in total. The number of carboxylic acid groups (broad SMARTS) is 1. The van der Waals surface area contributed by atoms with E-state index in [9.17, 15) is 4.79 Å². The van der Waals surface area contributed by atoms with E-state index in [1.54, 1.807) is 18.4 Å². The zero-order chi connectivity index (χ0) is 20.9. The molecule has 1 aliphatic rings. The van der Waals surface area contributed by atoms with Crippen molar-refractivity contribution in [2.24, 2.45) is 5.92 Å². The van der Waals surface area contributed by atoms with Crippen molar-refractivity contribution in [1.82, 2.24) is 4.98 Å². The number of hydrogen-bond acceptors (Lipinski definition) is 5. The van der Waals surface area contributed by atoms with E-state index >= 15 is 0 Å². The van der Waals surface area contributed by atoms with Crippen LogP contribution in [0.25, 0.3) is 11.3 Å². The summed E-state index contributed by atoms with van der Waals surface area (Å²) < 4.78 is 5.27. The number of carbonyl (C=O) groups is 1. The van der Waals surface area contributed by atoms with Crippen LogP contribution in [-0.4, -0.2) is 23.2 Å². The lowest BCUT2D eigenvalue weighted by Gasteiger charge is -2.28. The van der Waals surface area contributed by atoms with Gasteiger partial charge in [-0.05, 0) is 55.2 Å². The van der Waals surface area contributed by atoms with E-state index in [-0.39, 0.29) is 0 Å². The van der Waals surface area contributed by atoms with Gasteiger partial charge in [0.05, 0.1) is 12.8 Å². The molecule has 3 aromatic rings. The number of rotatable bonds is 7. The van der Waals surface area contributed by atoms with Gasteiger partial charge < -0.3 is 15.2 Å². The van der Waals surface area contributed by atoms with E-state index in [0.717, 1.165) is 53.5 Å². The fraction of sp³-hybridized carbons (Fsp3) is 0.333. The summed E-state index contributed by atoms with van der Waals surface area (Å²) in [6.45, 7) is 0. The molecule has 0 atom stereocenters. The highest BCUT2D eigenvalue weighted by Gasteiger charge is 2.24. The summed E-state index contributed by atoms with van der Waals surface area (Å²) in [5, 5.41) is 15.2. The second-order valence-corrected chi connectivity index (χ2v) is 8.69. The monoisotopic (exact) mass is 422 g/mol. The lowest BCUT2D eigenvalue weighted by molar-refractivity contribution is -0.138. The summed E-state index contributed by atoms with van der Waals surface area (Å²) in [5.41, 5.74) is 4.36. The van der Waals surface area contributed by atoms with Gasteiger partial charge in [-0.1, -0.05) is 30.3 Å². The maximum absolute atomic E-state index is 10.9. The average molecular weight is 423 g/mol. The molecule has 1 heterocycles. The second kappa shape index (κ2) is 9.30. The van der Waals surface area contributed by atoms with Crippen molar-refractivity contribution in [2.75, 3.05) is 12.4 Å². The third kappa shape index (κ3) is 5.00. The van der Waals surface area contributed by atoms with E-state index in [2.05, 4.69) is 35.0 Å². The fourth-order valence-electron chi connectivity index (χ4n) is 4.16. The van der Waals surface area contributed by atoms with Gasteiger partial charge in [0.1, 0.15) is 5.75 Å². The van der Waals surface area contributed by atoms with Crippen LogP contribution >= 0.6 is 11.3 Å². The molecule has 4 rings (SSSR count). The molecule has 0 spiro atoms. The van der Waals surface area contributed by atoms with E-state index in [1.165, 1.54) is 5.56 Å². The molecule has 156 valence electrons. The van der Waals surface area contributed by atoms with Crippen LogP contribution in [0, 0.1) is 5.92 Å². The zero-order valence-corrected chi connectivity index (χ0v) is 17.8. The number of nitrogens with one attached hydrogen (secondary N) is 1. The lowest BCUT2D eigenvalue weighted by Crippen LogP contribution is -2.16. The number of ether oxygens (including phenoxy) is 1. The average Bonchev–Trinajstić information content (AvgIpc) is 3.22. The Hall–Kier alpha value is -2.86. The zero-order valence-electron chi connectivity index (χ0n) is 17.0. The number of thiazole rings is 1. The molecule has 0 unspecified atom stereocenters. The molecule has 0 amide bonds. The molecule has 2 aromatic carbocycles. The molecule has 1 aliphatic carbocycles. The van der Waals surface area contributed by atoms with Gasteiger partial charge in [0.15, 0.2) is 5.13 Å². The molecular formula is C24H26N2O3S. The maximum atomic E-state index is 10.9. The highest BCUT2D eigenvalue weighted by molar-refractivity contribution is 7.14. The highest BCUT2D eigenvalue weighted by Crippen LogP contribution is 2.38. The summed E-state index contributed by atoms with van der Waals surface area (Å²) in [6, 6.07) is 16.5. The number of aliphatic carboxylic acids is 1. The third-order valence-corrected chi connectivity index (χ3v) is 6.57. The van der Waals surface area contributed by atoms with Crippen molar-refractivity contribution in [3.05, 3.63) is 59.5 Å². The number of aromatic nitrogens is 1. The molecule has 1 aromatic heterocycles. The largest absolute Gasteiger partial charge is 0.497 e. The Bertz CT molecular complexity index is 992. The lowest BCUT2D eigenvalue weighted by atomic mass is 9.77. The van der Waals surface area contributed by atoms with Gasteiger partial charge >= 0.3 is 5.97 Å². The standard InChI is InChI=1S/C24H26N2O3S/c1-29-21-4-2-3-20(14-21)25-24-26-22(15-30-24)19-11-9-18(10-12-19)17-7-5-16(6-8-17)13-23(27)28/h2-4,9-12,14-17H,5-8,13H2,1H3,(H,25,26)(H,27,28)/t16-,17+. The predicted molar refractivity (Wildman–Crippen MR) is 121 cm³/mol. The van der Waals surface area contributed by atoms with E-state index in [4.69, 9.17) is 14.8 Å². The van der Waals surface area contributed by atoms with Crippen LogP contribution in [0.5, 0.6) is 5.75 Å². The predicted octanol–water partition coefficient (Wildman–Crippen LogP) is 6.31. The van der Waals surface area contributed by atoms with E-state index in [1.807, 2.05) is 24.3 Å². The van der Waals surface area contributed by atoms with Crippen LogP contribution in [0.1, 0.15) is 43.6 Å². The summed E-state index contributed by atoms with van der Waals surface area (Å²) >= 11 is 1.58. The Balaban J connectivity index is 1.38. The first-order valence-electron chi connectivity index (χ1n) is 10.3. The van der Waals surface area contributed by atoms with Crippen molar-refractivity contribution in [1.29, 1.82) is 0 Å². The van der Waals surface area contributed by atoms with Crippen molar-refractivity contribution >= 4 is 28.1 Å². The smallest absolute Gasteiger partial charge is 0.303 e. The minimum atomic E-state index is -0.675. The van der Waals surface area contributed by atoms with Gasteiger partial charge in [-0.2, -0.15) is 0 Å². The molecule has 6 heteroatoms. The van der Waals surface area contributed by atoms with E-state index < -0.39 is 5.97 Å². The van der Waals surface area contributed by atoms with Crippen molar-refractivity contribution < 1.29 is 14.6 Å². The van der Waals surface area contributed by atoms with Crippen LogP contribution in [0.15, 0.2) is 53.9 Å². The number of nitrogens with zero attached hydrogens (tertiary/aromatic N) is 1. The van der Waals surface area contributed by atoms with Gasteiger partial charge in [-0.25, -0.2) is 4.98 Å². The first-order chi connectivity index (χ1) is 14.6. The van der Waals surface area contributed by atoms with Gasteiger partial charge in [0, 0.05) is 29.1 Å². The minimum absolute atomic E-state index is 0.307. The Morgan fingerprint density at radius 1 is 1.17 bits per heavy atom. The number of hydrogen-bond donors (Lipinski definition) is 2. The molecule has 1 saturated carbocycles. The first-order valence-corrected chi connectivity index (χ1v) is 11.2. The third-order valence-electron chi connectivity index (χ3n) is 5.81. The quantitative estimate of drug-likeness (QED) is 0.467. The summed E-state index contributed by atoms with van der Waals surface area (Å²) in [7, 11) is 1.66. The van der Waals surface area contributed by atoms with E-state index in [0.29, 0.717) is 18.3 Å². The minimum Gasteiger partial charge on any atom is -0.497 e. The second-order valence-electron chi connectivity index (χ2n) is 7.83. The van der Waals surface area contributed by atoms with Gasteiger partial charge in [-0.3, -0.25) is 4.79 Å². The van der Waals surface area contributed by atoms with Gasteiger partial charge in [0.25, 0.3) is 0 Å². The number of benzene rings is 2. The Morgan fingerprint density at radius 2 is 1.93 bits per heavy atom. The van der Waals surface area contributed by atoms with Crippen LogP contribution in [-0.2, 0) is 4.79 Å². The SMILES string of the molecule is COc1cccc(Nc2nc(-c3ccc([C@H]4CC[C@@H](CC(=O)O)CC4)cc3)cs2)c1. The van der Waals surface area contributed by atoms with Gasteiger partial charge in [-0.15, -0.1) is 11.3 Å². The summed E-state index contributed by atoms with van der Waals surface area (Å²) in [4.78, 5) is 15.6. The fourth-order valence-corrected chi connectivity index (χ4v) is 4.90. The van der Waals surface area contributed by atoms with Crippen molar-refractivity contribution in [2.45, 2.75) is 38.0 Å². The molecule has 1 fully saturated rings. The Morgan fingerprint density at radius 3 is 2.63 bits per heavy atom. The molecular weight excluding hydrogens is 396 g/mol. The number of methoxy groups -OCH3 is 1. The van der Waals surface area contributed by atoms with Crippen LogP contribution < -0.4 is 10.1 Å². The van der Waals surface area contributed by atoms with Gasteiger partial charge in [0.2, 0.25) is 0 Å². The van der Waals surface area contributed by atoms with Crippen LogP contribution in [0.3, 0.4) is 0 Å². The summed E-state index contributed by atoms with van der Waals surface area (Å²) in [6.07, 6.45) is 4.46.